The van der Waals surface area contributed by atoms with Crippen LogP contribution in [0.3, 0.4) is 0 Å². The summed E-state index contributed by atoms with van der Waals surface area (Å²) in [6.07, 6.45) is 16.2. The number of carbonyl (C=O) groups is 2. The molecule has 4 fully saturated rings. The zero-order chi connectivity index (χ0) is 51.9. The van der Waals surface area contributed by atoms with Crippen molar-refractivity contribution in [2.24, 2.45) is 0 Å². The van der Waals surface area contributed by atoms with Crippen LogP contribution in [0.2, 0.25) is 0 Å². The first-order chi connectivity index (χ1) is 35.1. The van der Waals surface area contributed by atoms with E-state index in [9.17, 15) is 23.4 Å². The molecule has 10 rings (SSSR count). The Kier molecular flexibility index (Phi) is 16.7. The predicted molar refractivity (Wildman–Crippen MR) is 287 cm³/mol. The molecule has 21 nitrogen and oxygen atoms in total. The zero-order valence-electron chi connectivity index (χ0n) is 43.0. The lowest BCUT2D eigenvalue weighted by atomic mass is 10.1. The van der Waals surface area contributed by atoms with E-state index < -0.39 is 10.8 Å². The molecule has 388 valence electrons. The number of piperazine rings is 2. The number of amides is 2. The summed E-state index contributed by atoms with van der Waals surface area (Å²) in [5, 5.41) is 4.65. The molecule has 8 heterocycles. The van der Waals surface area contributed by atoms with E-state index in [1.807, 2.05) is 30.6 Å². The summed E-state index contributed by atoms with van der Waals surface area (Å²) in [6, 6.07) is 11.1. The molecule has 0 aromatic carbocycles. The molecule has 6 aromatic heterocycles. The monoisotopic (exact) mass is 1020 g/mol. The van der Waals surface area contributed by atoms with Crippen LogP contribution in [-0.4, -0.2) is 176 Å². The number of nitrogens with one attached hydrogen (secondary N) is 1. The van der Waals surface area contributed by atoms with E-state index in [0.29, 0.717) is 39.7 Å². The Hall–Kier alpha value is -6.91. The Bertz CT molecular complexity index is 3050. The van der Waals surface area contributed by atoms with Crippen LogP contribution >= 0.6 is 0 Å². The second-order valence-electron chi connectivity index (χ2n) is 19.6. The fraction of sp³-hybridized carbons (Fsp3) is 0.490. The van der Waals surface area contributed by atoms with Gasteiger partial charge in [-0.2, -0.15) is 4.98 Å². The van der Waals surface area contributed by atoms with Crippen molar-refractivity contribution in [3.63, 3.8) is 0 Å². The summed E-state index contributed by atoms with van der Waals surface area (Å²) in [4.78, 5) is 89.8. The molecule has 2 aliphatic heterocycles. The molecule has 2 saturated carbocycles. The van der Waals surface area contributed by atoms with Crippen LogP contribution < -0.4 is 32.0 Å². The molecule has 0 spiro atoms. The number of nitrogens with two attached hydrogens (primary N) is 1. The van der Waals surface area contributed by atoms with Crippen molar-refractivity contribution in [3.8, 4) is 0 Å². The van der Waals surface area contributed by atoms with Gasteiger partial charge in [-0.3, -0.25) is 32.5 Å². The number of hydrogen-bond donors (Lipinski definition) is 2. The Morgan fingerprint density at radius 2 is 1.07 bits per heavy atom. The van der Waals surface area contributed by atoms with Gasteiger partial charge in [-0.15, -0.1) is 0 Å². The fourth-order valence-electron chi connectivity index (χ4n) is 9.69. The van der Waals surface area contributed by atoms with Gasteiger partial charge in [-0.1, -0.05) is 25.7 Å². The van der Waals surface area contributed by atoms with E-state index >= 15 is 0 Å². The van der Waals surface area contributed by atoms with E-state index in [0.717, 1.165) is 109 Å². The van der Waals surface area contributed by atoms with Crippen molar-refractivity contribution < 1.29 is 13.8 Å². The van der Waals surface area contributed by atoms with E-state index in [2.05, 4.69) is 70.0 Å². The number of anilines is 5. The van der Waals surface area contributed by atoms with Crippen LogP contribution in [0.25, 0.3) is 22.1 Å². The standard InChI is InChI=1S/C25H32N8O2.C16H20N4O3S.C10H16N4/c1-30(2)23(34)20-14-17-15-27-25(29-22(17)33(24(20)35)18-6-4-5-7-18)28-21-9-8-19(16-26-21)32-12-10-31(3)11-13-32;1-19(2)14(21)12-8-10-9-17-16(24(3)23)18-13(10)20(15(12)22)11-6-4-5-7-11;1-13-4-6-14(7-5-13)9-2-3-10(11)12-8-9/h8-9,14-16,18H,4-7,10-13H2,1-3H3,(H,26,27,28,29);8-9,11H,4-7H2,1-3H3;2-3,8H,4-7H2,1H3,(H2,11,12). The molecule has 4 aliphatic rings. The number of nitrogen functional groups attached to an aromatic ring is 1. The predicted octanol–water partition coefficient (Wildman–Crippen LogP) is 4.26. The third kappa shape index (κ3) is 12.3. The Labute approximate surface area is 427 Å². The van der Waals surface area contributed by atoms with Crippen molar-refractivity contribution in [1.82, 2.24) is 58.6 Å². The minimum atomic E-state index is -1.34. The molecule has 73 heavy (non-hydrogen) atoms. The summed E-state index contributed by atoms with van der Waals surface area (Å²) >= 11 is 0. The highest BCUT2D eigenvalue weighted by molar-refractivity contribution is 7.84. The molecule has 2 saturated heterocycles. The number of nitrogens with zero attached hydrogens (tertiary/aromatic N) is 14. The van der Waals surface area contributed by atoms with E-state index in [-0.39, 0.29) is 51.3 Å². The first-order valence-electron chi connectivity index (χ1n) is 25.0. The van der Waals surface area contributed by atoms with Crippen LogP contribution in [0.4, 0.5) is 29.0 Å². The number of fused-ring (bicyclic) bond motifs is 2. The summed E-state index contributed by atoms with van der Waals surface area (Å²) in [5.74, 6) is 0.946. The van der Waals surface area contributed by atoms with E-state index in [1.165, 1.54) is 34.0 Å². The number of rotatable bonds is 9. The van der Waals surface area contributed by atoms with Crippen LogP contribution in [0.15, 0.2) is 75.9 Å². The first kappa shape index (κ1) is 52.4. The third-order valence-corrected chi connectivity index (χ3v) is 14.6. The maximum atomic E-state index is 13.4. The Morgan fingerprint density at radius 3 is 1.49 bits per heavy atom. The summed E-state index contributed by atoms with van der Waals surface area (Å²) < 4.78 is 15.0. The largest absolute Gasteiger partial charge is 0.384 e. The van der Waals surface area contributed by atoms with Crippen LogP contribution in [0.5, 0.6) is 0 Å². The number of aromatic nitrogens is 8. The minimum absolute atomic E-state index is 0.0166. The van der Waals surface area contributed by atoms with Crippen molar-refractivity contribution in [2.75, 3.05) is 122 Å². The SMILES string of the molecule is CN(C)C(=O)c1cc2cnc(S(C)=O)nc2n(C2CCCC2)c1=O.CN1CCN(c2ccc(N)nc2)CC1.CN1CCN(c2ccc(Nc3ncc4cc(C(=O)N(C)C)c(=O)n(C5CCCC5)c4n3)nc2)CC1. The van der Waals surface area contributed by atoms with Crippen molar-refractivity contribution in [1.29, 1.82) is 0 Å². The lowest BCUT2D eigenvalue weighted by Gasteiger charge is -2.33. The lowest BCUT2D eigenvalue weighted by molar-refractivity contribution is 0.0818. The molecule has 22 heteroatoms. The van der Waals surface area contributed by atoms with Crippen molar-refractivity contribution in [3.05, 3.63) is 93.0 Å². The average Bonchev–Trinajstić information content (AvgIpc) is 4.13. The van der Waals surface area contributed by atoms with Gasteiger partial charge in [-0.25, -0.2) is 24.9 Å². The minimum Gasteiger partial charge on any atom is -0.384 e. The second kappa shape index (κ2) is 23.3. The highest BCUT2D eigenvalue weighted by atomic mass is 32.2. The maximum absolute atomic E-state index is 13.4. The fourth-order valence-corrected chi connectivity index (χ4v) is 10.1. The number of hydrogen-bond acceptors (Lipinski definition) is 17. The molecule has 0 radical (unpaired) electrons. The number of likely N-dealkylation sites (N-methyl/N-ethyl adjacent to an activating group) is 2. The first-order valence-corrected chi connectivity index (χ1v) is 26.5. The molecule has 0 bridgehead atoms. The van der Waals surface area contributed by atoms with Gasteiger partial charge >= 0.3 is 0 Å². The summed E-state index contributed by atoms with van der Waals surface area (Å²) in [5.41, 5.74) is 8.46. The maximum Gasteiger partial charge on any atom is 0.265 e. The van der Waals surface area contributed by atoms with Gasteiger partial charge in [0.1, 0.15) is 34.1 Å². The van der Waals surface area contributed by atoms with Gasteiger partial charge in [0.2, 0.25) is 11.1 Å². The molecule has 6 aromatic rings. The van der Waals surface area contributed by atoms with Gasteiger partial charge in [0.25, 0.3) is 22.9 Å². The number of pyridine rings is 4. The molecule has 1 atom stereocenters. The highest BCUT2D eigenvalue weighted by Crippen LogP contribution is 2.32. The topological polar surface area (TPSA) is 230 Å². The van der Waals surface area contributed by atoms with Gasteiger partial charge < -0.3 is 40.4 Å². The summed E-state index contributed by atoms with van der Waals surface area (Å²) in [6.45, 7) is 8.41. The normalized spacial score (nSPS) is 17.2. The molecule has 2 aliphatic carbocycles. The van der Waals surface area contributed by atoms with Gasteiger partial charge in [0.15, 0.2) is 0 Å². The van der Waals surface area contributed by atoms with Crippen molar-refractivity contribution in [2.45, 2.75) is 68.6 Å². The van der Waals surface area contributed by atoms with Gasteiger partial charge in [-0.05, 0) is 76.2 Å². The molecular weight excluding hydrogens is 949 g/mol. The second-order valence-corrected chi connectivity index (χ2v) is 20.9. The molecule has 1 unspecified atom stereocenters. The van der Waals surface area contributed by atoms with E-state index in [1.54, 1.807) is 49.6 Å². The highest BCUT2D eigenvalue weighted by Gasteiger charge is 2.27. The van der Waals surface area contributed by atoms with Crippen LogP contribution in [-0.2, 0) is 10.8 Å². The molecular formula is C51H68N16O5S. The smallest absolute Gasteiger partial charge is 0.265 e. The quantitative estimate of drug-likeness (QED) is 0.193. The van der Waals surface area contributed by atoms with Gasteiger partial charge in [0.05, 0.1) is 34.6 Å². The molecule has 3 N–H and O–H groups in total. The van der Waals surface area contributed by atoms with Crippen molar-refractivity contribution >= 4 is 73.6 Å². The zero-order valence-corrected chi connectivity index (χ0v) is 43.8. The van der Waals surface area contributed by atoms with Crippen LogP contribution in [0, 0.1) is 0 Å². The lowest BCUT2D eigenvalue weighted by Crippen LogP contribution is -2.44. The summed E-state index contributed by atoms with van der Waals surface area (Å²) in [7, 11) is 9.49. The van der Waals surface area contributed by atoms with Gasteiger partial charge in [0, 0.05) is 122 Å². The number of carbonyl (C=O) groups excluding carboxylic acids is 2. The third-order valence-electron chi connectivity index (χ3n) is 13.9. The molecule has 2 amide bonds. The van der Waals surface area contributed by atoms with E-state index in [4.69, 9.17) is 10.7 Å². The Balaban J connectivity index is 0.000000161. The van der Waals surface area contributed by atoms with Crippen LogP contribution in [0.1, 0.15) is 84.2 Å². The average molecular weight is 1020 g/mol. The Morgan fingerprint density at radius 1 is 0.616 bits per heavy atom.